The Morgan fingerprint density at radius 2 is 1.74 bits per heavy atom. The van der Waals surface area contributed by atoms with Gasteiger partial charge in [-0.3, -0.25) is 9.59 Å². The van der Waals surface area contributed by atoms with Crippen molar-refractivity contribution in [3.8, 4) is 5.75 Å². The first-order valence-electron chi connectivity index (χ1n) is 14.2. The second kappa shape index (κ2) is 11.7. The van der Waals surface area contributed by atoms with Crippen LogP contribution in [0, 0.1) is 18.8 Å². The van der Waals surface area contributed by atoms with Gasteiger partial charge in [0.15, 0.2) is 9.84 Å². The van der Waals surface area contributed by atoms with Gasteiger partial charge in [0.25, 0.3) is 0 Å². The third kappa shape index (κ3) is 6.82. The molecule has 0 bridgehead atoms. The Morgan fingerprint density at radius 3 is 2.40 bits per heavy atom. The summed E-state index contributed by atoms with van der Waals surface area (Å²) in [5.41, 5.74) is 2.87. The molecule has 7 nitrogen and oxygen atoms in total. The van der Waals surface area contributed by atoms with E-state index < -0.39 is 20.9 Å². The molecule has 42 heavy (non-hydrogen) atoms. The zero-order valence-corrected chi connectivity index (χ0v) is 24.1. The smallest absolute Gasteiger partial charge is 0.406 e. The van der Waals surface area contributed by atoms with E-state index >= 15 is 0 Å². The van der Waals surface area contributed by atoms with Crippen LogP contribution in [-0.2, 0) is 19.4 Å². The monoisotopic (exact) mass is 604 g/mol. The first-order chi connectivity index (χ1) is 19.8. The van der Waals surface area contributed by atoms with Gasteiger partial charge in [0.05, 0.1) is 10.5 Å². The molecule has 1 unspecified atom stereocenters. The van der Waals surface area contributed by atoms with Gasteiger partial charge in [-0.15, -0.1) is 13.2 Å². The van der Waals surface area contributed by atoms with E-state index in [0.29, 0.717) is 45.1 Å². The Hall–Kier alpha value is -3.34. The fourth-order valence-electron chi connectivity index (χ4n) is 6.50. The molecule has 1 saturated heterocycles. The summed E-state index contributed by atoms with van der Waals surface area (Å²) < 4.78 is 66.1. The molecule has 5 rings (SSSR count). The van der Waals surface area contributed by atoms with Gasteiger partial charge in [-0.2, -0.15) is 0 Å². The maximum Gasteiger partial charge on any atom is 0.573 e. The molecule has 0 aromatic heterocycles. The quantitative estimate of drug-likeness (QED) is 0.411. The lowest BCUT2D eigenvalue weighted by molar-refractivity contribution is -0.274. The van der Waals surface area contributed by atoms with E-state index in [1.54, 1.807) is 18.2 Å². The summed E-state index contributed by atoms with van der Waals surface area (Å²) in [5.74, 6) is -0.602. The molecule has 2 amide bonds. The van der Waals surface area contributed by atoms with Crippen LogP contribution in [0.5, 0.6) is 5.75 Å². The average molecular weight is 605 g/mol. The van der Waals surface area contributed by atoms with E-state index in [4.69, 9.17) is 0 Å². The molecule has 11 heteroatoms. The number of hydrogen-bond donors (Lipinski definition) is 2. The second-order valence-corrected chi connectivity index (χ2v) is 14.4. The summed E-state index contributed by atoms with van der Waals surface area (Å²) in [6.07, 6.45) is 1.40. The summed E-state index contributed by atoms with van der Waals surface area (Å²) in [4.78, 5) is 25.2. The number of aryl methyl sites for hydroxylation is 1. The largest absolute Gasteiger partial charge is 0.573 e. The minimum absolute atomic E-state index is 0.0330. The molecule has 2 aromatic rings. The number of rotatable bonds is 8. The minimum Gasteiger partial charge on any atom is -0.406 e. The van der Waals surface area contributed by atoms with Crippen molar-refractivity contribution in [3.63, 3.8) is 0 Å². The van der Waals surface area contributed by atoms with Crippen molar-refractivity contribution in [2.45, 2.75) is 68.5 Å². The first-order valence-corrected chi connectivity index (χ1v) is 15.9. The summed E-state index contributed by atoms with van der Waals surface area (Å²) in [5, 5.41) is 5.94. The van der Waals surface area contributed by atoms with Gasteiger partial charge in [0.2, 0.25) is 11.8 Å². The Kier molecular flexibility index (Phi) is 8.42. The van der Waals surface area contributed by atoms with E-state index in [1.165, 1.54) is 18.2 Å². The van der Waals surface area contributed by atoms with Gasteiger partial charge in [0.1, 0.15) is 5.75 Å². The van der Waals surface area contributed by atoms with Crippen molar-refractivity contribution in [3.05, 3.63) is 71.3 Å². The third-order valence-corrected chi connectivity index (χ3v) is 11.5. The molecule has 2 aliphatic carbocycles. The number of carbonyl (C=O) groups is 2. The molecule has 0 radical (unpaired) electrons. The molecule has 1 aliphatic heterocycles. The SMILES string of the molecule is Cc1ccccc1/C=C/C(=O)NC1CCS(=O)(=O)C2(CC(CNC(=O)C3CC(c4ccc(OC(F)(F)F)cc4)C3)C2)C1. The Labute approximate surface area is 243 Å². The Balaban J connectivity index is 1.06. The zero-order chi connectivity index (χ0) is 30.1. The van der Waals surface area contributed by atoms with E-state index in [1.807, 2.05) is 31.2 Å². The van der Waals surface area contributed by atoms with Crippen LogP contribution in [0.3, 0.4) is 0 Å². The number of carbonyl (C=O) groups excluding carboxylic acids is 2. The predicted octanol–water partition coefficient (Wildman–Crippen LogP) is 5.06. The summed E-state index contributed by atoms with van der Waals surface area (Å²) in [6.45, 7) is 2.37. The number of hydrogen-bond acceptors (Lipinski definition) is 5. The zero-order valence-electron chi connectivity index (χ0n) is 23.3. The molecule has 2 aromatic carbocycles. The van der Waals surface area contributed by atoms with Crippen LogP contribution in [0.25, 0.3) is 6.08 Å². The van der Waals surface area contributed by atoms with Gasteiger partial charge >= 0.3 is 6.36 Å². The number of ether oxygens (including phenoxy) is 1. The van der Waals surface area contributed by atoms with Gasteiger partial charge in [-0.25, -0.2) is 8.42 Å². The second-order valence-electron chi connectivity index (χ2n) is 11.9. The highest BCUT2D eigenvalue weighted by Gasteiger charge is 2.56. The van der Waals surface area contributed by atoms with E-state index in [9.17, 15) is 31.2 Å². The van der Waals surface area contributed by atoms with E-state index in [-0.39, 0.29) is 47.1 Å². The highest BCUT2D eigenvalue weighted by molar-refractivity contribution is 7.92. The van der Waals surface area contributed by atoms with Gasteiger partial charge in [-0.1, -0.05) is 36.4 Å². The van der Waals surface area contributed by atoms with Crippen LogP contribution in [0.1, 0.15) is 61.1 Å². The predicted molar refractivity (Wildman–Crippen MR) is 152 cm³/mol. The lowest BCUT2D eigenvalue weighted by Crippen LogP contribution is -2.60. The molecule has 1 atom stereocenters. The molecular weight excluding hydrogens is 569 g/mol. The van der Waals surface area contributed by atoms with Crippen LogP contribution >= 0.6 is 0 Å². The average Bonchev–Trinajstić information content (AvgIpc) is 2.86. The lowest BCUT2D eigenvalue weighted by atomic mass is 9.69. The number of benzene rings is 2. The van der Waals surface area contributed by atoms with Crippen molar-refractivity contribution >= 4 is 27.7 Å². The summed E-state index contributed by atoms with van der Waals surface area (Å²) >= 11 is 0. The number of sulfone groups is 1. The van der Waals surface area contributed by atoms with Crippen LogP contribution in [-0.4, -0.2) is 49.7 Å². The lowest BCUT2D eigenvalue weighted by Gasteiger charge is -2.51. The molecular formula is C31H35F3N2O5S. The van der Waals surface area contributed by atoms with Crippen LogP contribution in [0.15, 0.2) is 54.6 Å². The maximum atomic E-state index is 13.0. The Bertz CT molecular complexity index is 1440. The molecule has 2 N–H and O–H groups in total. The van der Waals surface area contributed by atoms with E-state index in [0.717, 1.165) is 16.7 Å². The minimum atomic E-state index is -4.74. The molecule has 3 aliphatic rings. The first kappa shape index (κ1) is 30.1. The normalized spacial score (nSPS) is 28.5. The van der Waals surface area contributed by atoms with Crippen molar-refractivity contribution in [2.24, 2.45) is 11.8 Å². The van der Waals surface area contributed by atoms with Crippen molar-refractivity contribution in [2.75, 3.05) is 12.3 Å². The maximum absolute atomic E-state index is 13.0. The van der Waals surface area contributed by atoms with Crippen LogP contribution in [0.4, 0.5) is 13.2 Å². The fourth-order valence-corrected chi connectivity index (χ4v) is 8.96. The van der Waals surface area contributed by atoms with Crippen molar-refractivity contribution in [1.29, 1.82) is 0 Å². The number of amides is 2. The number of alkyl halides is 3. The fraction of sp³-hybridized carbons (Fsp3) is 0.484. The summed E-state index contributed by atoms with van der Waals surface area (Å²) in [7, 11) is -3.30. The van der Waals surface area contributed by atoms with Gasteiger partial charge in [0, 0.05) is 24.6 Å². The van der Waals surface area contributed by atoms with Gasteiger partial charge in [-0.05, 0) is 92.2 Å². The number of halogens is 3. The van der Waals surface area contributed by atoms with Gasteiger partial charge < -0.3 is 15.4 Å². The molecule has 1 spiro atoms. The van der Waals surface area contributed by atoms with Crippen molar-refractivity contribution in [1.82, 2.24) is 10.6 Å². The molecule has 1 heterocycles. The molecule has 3 fully saturated rings. The number of nitrogens with one attached hydrogen (secondary N) is 2. The standard InChI is InChI=1S/C31H35F3N2O5S/c1-20-4-2-3-5-22(20)8-11-28(37)36-26-12-13-42(39,40)30(18-26)16-21(17-30)19-35-29(38)25-14-24(15-25)23-6-9-27(10-7-23)41-31(32,33)34/h2-11,21,24-26H,12-19H2,1H3,(H,35,38)(H,36,37)/b11-8+. The summed E-state index contributed by atoms with van der Waals surface area (Å²) in [6, 6.07) is 13.2. The molecule has 226 valence electrons. The third-order valence-electron chi connectivity index (χ3n) is 8.94. The topological polar surface area (TPSA) is 102 Å². The van der Waals surface area contributed by atoms with Crippen LogP contribution < -0.4 is 15.4 Å². The molecule has 2 saturated carbocycles. The van der Waals surface area contributed by atoms with Crippen LogP contribution in [0.2, 0.25) is 0 Å². The highest BCUT2D eigenvalue weighted by Crippen LogP contribution is 2.50. The van der Waals surface area contributed by atoms with E-state index in [2.05, 4.69) is 15.4 Å². The Morgan fingerprint density at radius 1 is 1.05 bits per heavy atom. The van der Waals surface area contributed by atoms with Crippen molar-refractivity contribution < 1.29 is 35.9 Å². The highest BCUT2D eigenvalue weighted by atomic mass is 32.2.